The molecular weight excluding hydrogens is 266 g/mol. The largest absolute Gasteiger partial charge is 0.339 e. The maximum absolute atomic E-state index is 9.21. The summed E-state index contributed by atoms with van der Waals surface area (Å²) in [4.78, 5) is 6.73. The Kier molecular flexibility index (Phi) is 5.30. The molecule has 2 heterocycles. The summed E-state index contributed by atoms with van der Waals surface area (Å²) in [6.45, 7) is 5.67. The SMILES string of the molecule is CC(C)c1nc([C@H]2CCCN2C[C@H](C#N)CCC#N)no1. The monoisotopic (exact) mass is 287 g/mol. The zero-order chi connectivity index (χ0) is 15.2. The van der Waals surface area contributed by atoms with Crippen molar-refractivity contribution in [2.45, 2.75) is 51.5 Å². The zero-order valence-electron chi connectivity index (χ0n) is 12.6. The Hall–Kier alpha value is -1.92. The molecular formula is C15H21N5O. The first-order valence-electron chi connectivity index (χ1n) is 7.49. The molecule has 6 nitrogen and oxygen atoms in total. The van der Waals surface area contributed by atoms with Crippen molar-refractivity contribution in [2.24, 2.45) is 5.92 Å². The van der Waals surface area contributed by atoms with Crippen molar-refractivity contribution in [3.05, 3.63) is 11.7 Å². The van der Waals surface area contributed by atoms with Gasteiger partial charge in [-0.15, -0.1) is 0 Å². The van der Waals surface area contributed by atoms with Gasteiger partial charge in [0.1, 0.15) is 0 Å². The van der Waals surface area contributed by atoms with Crippen LogP contribution in [-0.2, 0) is 0 Å². The number of hydrogen-bond acceptors (Lipinski definition) is 6. The van der Waals surface area contributed by atoms with Gasteiger partial charge < -0.3 is 4.52 Å². The first-order valence-corrected chi connectivity index (χ1v) is 7.49. The first-order chi connectivity index (χ1) is 10.2. The van der Waals surface area contributed by atoms with Crippen LogP contribution in [0.4, 0.5) is 0 Å². The van der Waals surface area contributed by atoms with Gasteiger partial charge in [0.05, 0.1) is 24.1 Å². The van der Waals surface area contributed by atoms with Crippen LogP contribution in [0, 0.1) is 28.6 Å². The van der Waals surface area contributed by atoms with E-state index in [1.165, 1.54) is 0 Å². The van der Waals surface area contributed by atoms with Gasteiger partial charge in [-0.2, -0.15) is 15.5 Å². The van der Waals surface area contributed by atoms with Crippen molar-refractivity contribution in [2.75, 3.05) is 13.1 Å². The van der Waals surface area contributed by atoms with Gasteiger partial charge in [0.2, 0.25) is 5.89 Å². The Balaban J connectivity index is 2.02. The lowest BCUT2D eigenvalue weighted by Gasteiger charge is -2.23. The molecule has 0 N–H and O–H groups in total. The van der Waals surface area contributed by atoms with Gasteiger partial charge in [-0.1, -0.05) is 19.0 Å². The molecule has 2 rings (SSSR count). The molecule has 112 valence electrons. The van der Waals surface area contributed by atoms with Crippen molar-refractivity contribution in [1.29, 1.82) is 10.5 Å². The van der Waals surface area contributed by atoms with E-state index in [1.807, 2.05) is 13.8 Å². The van der Waals surface area contributed by atoms with Crippen LogP contribution in [0.5, 0.6) is 0 Å². The van der Waals surface area contributed by atoms with Gasteiger partial charge in [-0.3, -0.25) is 4.90 Å². The molecule has 0 saturated carbocycles. The molecule has 0 bridgehead atoms. The van der Waals surface area contributed by atoms with E-state index in [-0.39, 0.29) is 17.9 Å². The van der Waals surface area contributed by atoms with Crippen molar-refractivity contribution in [1.82, 2.24) is 15.0 Å². The predicted molar refractivity (Wildman–Crippen MR) is 75.9 cm³/mol. The lowest BCUT2D eigenvalue weighted by atomic mass is 10.0. The molecule has 0 radical (unpaired) electrons. The fourth-order valence-electron chi connectivity index (χ4n) is 2.67. The highest BCUT2D eigenvalue weighted by Crippen LogP contribution is 2.31. The van der Waals surface area contributed by atoms with Gasteiger partial charge in [0.25, 0.3) is 0 Å². The predicted octanol–water partition coefficient (Wildman–Crippen LogP) is 2.77. The van der Waals surface area contributed by atoms with E-state index in [2.05, 4.69) is 27.2 Å². The van der Waals surface area contributed by atoms with Crippen LogP contribution >= 0.6 is 0 Å². The normalized spacial score (nSPS) is 20.3. The van der Waals surface area contributed by atoms with Crippen LogP contribution in [0.1, 0.15) is 63.2 Å². The number of nitriles is 2. The lowest BCUT2D eigenvalue weighted by molar-refractivity contribution is 0.219. The molecule has 1 aromatic rings. The van der Waals surface area contributed by atoms with E-state index in [0.717, 1.165) is 25.2 Å². The van der Waals surface area contributed by atoms with Gasteiger partial charge in [-0.05, 0) is 25.8 Å². The third-order valence-corrected chi connectivity index (χ3v) is 3.86. The maximum atomic E-state index is 9.21. The Morgan fingerprint density at radius 1 is 1.43 bits per heavy atom. The molecule has 1 aliphatic heterocycles. The summed E-state index contributed by atoms with van der Waals surface area (Å²) < 4.78 is 5.29. The van der Waals surface area contributed by atoms with Crippen LogP contribution in [0.2, 0.25) is 0 Å². The second kappa shape index (κ2) is 7.19. The molecule has 1 aromatic heterocycles. The number of likely N-dealkylation sites (tertiary alicyclic amines) is 1. The second-order valence-electron chi connectivity index (χ2n) is 5.82. The van der Waals surface area contributed by atoms with Crippen LogP contribution in [0.3, 0.4) is 0 Å². The minimum atomic E-state index is -0.110. The number of hydrogen-bond donors (Lipinski definition) is 0. The van der Waals surface area contributed by atoms with Crippen LogP contribution in [0.15, 0.2) is 4.52 Å². The fraction of sp³-hybridized carbons (Fsp3) is 0.733. The van der Waals surface area contributed by atoms with Crippen LogP contribution in [-0.4, -0.2) is 28.1 Å². The number of aromatic nitrogens is 2. The van der Waals surface area contributed by atoms with E-state index in [0.29, 0.717) is 25.3 Å². The molecule has 6 heteroatoms. The van der Waals surface area contributed by atoms with E-state index < -0.39 is 0 Å². The summed E-state index contributed by atoms with van der Waals surface area (Å²) in [5.41, 5.74) is 0. The topological polar surface area (TPSA) is 89.7 Å². The zero-order valence-corrected chi connectivity index (χ0v) is 12.6. The third-order valence-electron chi connectivity index (χ3n) is 3.86. The highest BCUT2D eigenvalue weighted by Gasteiger charge is 2.31. The lowest BCUT2D eigenvalue weighted by Crippen LogP contribution is -2.29. The molecule has 1 saturated heterocycles. The highest BCUT2D eigenvalue weighted by molar-refractivity contribution is 5.01. The minimum Gasteiger partial charge on any atom is -0.339 e. The quantitative estimate of drug-likeness (QED) is 0.799. The number of nitrogens with zero attached hydrogens (tertiary/aromatic N) is 5. The van der Waals surface area contributed by atoms with E-state index in [1.54, 1.807) is 0 Å². The summed E-state index contributed by atoms with van der Waals surface area (Å²) in [7, 11) is 0. The summed E-state index contributed by atoms with van der Waals surface area (Å²) in [5.74, 6) is 1.51. The van der Waals surface area contributed by atoms with Crippen molar-refractivity contribution in [3.63, 3.8) is 0 Å². The summed E-state index contributed by atoms with van der Waals surface area (Å²) in [5, 5.41) is 22.0. The average Bonchev–Trinajstić information content (AvgIpc) is 3.11. The fourth-order valence-corrected chi connectivity index (χ4v) is 2.67. The molecule has 0 aromatic carbocycles. The van der Waals surface area contributed by atoms with Crippen molar-refractivity contribution >= 4 is 0 Å². The van der Waals surface area contributed by atoms with E-state index >= 15 is 0 Å². The Bertz CT molecular complexity index is 539. The Labute approximate surface area is 125 Å². The highest BCUT2D eigenvalue weighted by atomic mass is 16.5. The number of rotatable bonds is 6. The van der Waals surface area contributed by atoms with Crippen LogP contribution in [0.25, 0.3) is 0 Å². The van der Waals surface area contributed by atoms with Gasteiger partial charge in [-0.25, -0.2) is 0 Å². The van der Waals surface area contributed by atoms with Gasteiger partial charge in [0, 0.05) is 18.9 Å². The molecule has 0 spiro atoms. The molecule has 1 aliphatic rings. The molecule has 0 amide bonds. The third kappa shape index (κ3) is 3.80. The molecule has 2 atom stereocenters. The summed E-state index contributed by atoms with van der Waals surface area (Å²) in [6.07, 6.45) is 3.12. The summed E-state index contributed by atoms with van der Waals surface area (Å²) >= 11 is 0. The van der Waals surface area contributed by atoms with Gasteiger partial charge >= 0.3 is 0 Å². The van der Waals surface area contributed by atoms with Gasteiger partial charge in [0.15, 0.2) is 5.82 Å². The Morgan fingerprint density at radius 2 is 2.24 bits per heavy atom. The van der Waals surface area contributed by atoms with Crippen molar-refractivity contribution in [3.8, 4) is 12.1 Å². The Morgan fingerprint density at radius 3 is 2.86 bits per heavy atom. The van der Waals surface area contributed by atoms with Crippen molar-refractivity contribution < 1.29 is 4.52 Å². The second-order valence-corrected chi connectivity index (χ2v) is 5.82. The maximum Gasteiger partial charge on any atom is 0.229 e. The first kappa shape index (κ1) is 15.5. The van der Waals surface area contributed by atoms with E-state index in [4.69, 9.17) is 9.78 Å². The van der Waals surface area contributed by atoms with E-state index in [9.17, 15) is 5.26 Å². The molecule has 0 aliphatic carbocycles. The minimum absolute atomic E-state index is 0.110. The average molecular weight is 287 g/mol. The summed E-state index contributed by atoms with van der Waals surface area (Å²) in [6, 6.07) is 4.55. The molecule has 1 fully saturated rings. The van der Waals surface area contributed by atoms with Crippen LogP contribution < -0.4 is 0 Å². The smallest absolute Gasteiger partial charge is 0.229 e. The molecule has 21 heavy (non-hydrogen) atoms. The molecule has 0 unspecified atom stereocenters. The standard InChI is InChI=1S/C15H21N5O/c1-11(2)15-18-14(19-21-15)13-6-4-8-20(13)10-12(9-17)5-3-7-16/h11-13H,3-6,8,10H2,1-2H3/t12-,13+/m0/s1.